The number of hydrogen-bond donors (Lipinski definition) is 2. The first-order valence-corrected chi connectivity index (χ1v) is 11.6. The van der Waals surface area contributed by atoms with Gasteiger partial charge in [0.1, 0.15) is 17.8 Å². The van der Waals surface area contributed by atoms with Gasteiger partial charge >= 0.3 is 0 Å². The highest BCUT2D eigenvalue weighted by molar-refractivity contribution is 6.03. The zero-order valence-electron chi connectivity index (χ0n) is 19.4. The average molecular weight is 477 g/mol. The van der Waals surface area contributed by atoms with E-state index < -0.39 is 12.1 Å². The Bertz CT molecular complexity index is 1440. The van der Waals surface area contributed by atoms with E-state index in [0.717, 1.165) is 29.5 Å². The normalized spacial score (nSPS) is 21.9. The number of aromatic nitrogens is 5. The molecule has 0 bridgehead atoms. The highest BCUT2D eigenvalue weighted by Gasteiger charge is 2.43. The fraction of sp³-hybridized carbons (Fsp3) is 0.375. The summed E-state index contributed by atoms with van der Waals surface area (Å²) in [7, 11) is 1.78. The summed E-state index contributed by atoms with van der Waals surface area (Å²) in [6.45, 7) is 4.40. The van der Waals surface area contributed by atoms with Gasteiger partial charge < -0.3 is 20.3 Å². The van der Waals surface area contributed by atoms with Crippen LogP contribution in [0.1, 0.15) is 13.3 Å². The fourth-order valence-corrected chi connectivity index (χ4v) is 4.46. The minimum atomic E-state index is -1.07. The Morgan fingerprint density at radius 2 is 2.09 bits per heavy atom. The fourth-order valence-electron chi connectivity index (χ4n) is 4.46. The lowest BCUT2D eigenvalue weighted by Gasteiger charge is -2.32. The SMILES string of the molecule is CNc1ncc(-c2nc3ccc(N4CCO[C@H](C)C4)cn3n2)c2cc(NC(=O)[C@H]3C[C@H]3F)ncc12. The van der Waals surface area contributed by atoms with Crippen LogP contribution in [0.4, 0.5) is 21.7 Å². The molecule has 2 N–H and O–H groups in total. The Hall–Kier alpha value is -3.86. The van der Waals surface area contributed by atoms with Crippen LogP contribution in [0, 0.1) is 5.92 Å². The average Bonchev–Trinajstić information content (AvgIpc) is 3.45. The van der Waals surface area contributed by atoms with Gasteiger partial charge in [0.25, 0.3) is 0 Å². The van der Waals surface area contributed by atoms with Gasteiger partial charge in [0.15, 0.2) is 11.5 Å². The Balaban J connectivity index is 1.39. The van der Waals surface area contributed by atoms with E-state index in [1.165, 1.54) is 0 Å². The molecule has 0 aromatic carbocycles. The van der Waals surface area contributed by atoms with Gasteiger partial charge in [0.05, 0.1) is 30.5 Å². The van der Waals surface area contributed by atoms with Crippen molar-refractivity contribution in [3.8, 4) is 11.4 Å². The molecule has 1 aliphatic carbocycles. The van der Waals surface area contributed by atoms with Crippen LogP contribution in [-0.4, -0.2) is 69.5 Å². The molecule has 0 radical (unpaired) electrons. The maximum absolute atomic E-state index is 13.3. The highest BCUT2D eigenvalue weighted by Crippen LogP contribution is 2.35. The van der Waals surface area contributed by atoms with E-state index in [0.29, 0.717) is 35.3 Å². The number of carbonyl (C=O) groups is 1. The molecular formula is C24H25FN8O2. The van der Waals surface area contributed by atoms with Crippen LogP contribution in [-0.2, 0) is 9.53 Å². The van der Waals surface area contributed by atoms with Crippen LogP contribution in [0.25, 0.3) is 27.8 Å². The van der Waals surface area contributed by atoms with Crippen LogP contribution in [0.2, 0.25) is 0 Å². The number of rotatable bonds is 5. The third kappa shape index (κ3) is 4.01. The third-order valence-corrected chi connectivity index (χ3v) is 6.47. The lowest BCUT2D eigenvalue weighted by molar-refractivity contribution is -0.117. The number of nitrogens with zero attached hydrogens (tertiary/aromatic N) is 6. The van der Waals surface area contributed by atoms with Crippen molar-refractivity contribution in [1.29, 1.82) is 0 Å². The van der Waals surface area contributed by atoms with Gasteiger partial charge in [0, 0.05) is 48.9 Å². The van der Waals surface area contributed by atoms with Gasteiger partial charge in [-0.05, 0) is 31.5 Å². The van der Waals surface area contributed by atoms with Gasteiger partial charge in [-0.25, -0.2) is 23.9 Å². The second-order valence-electron chi connectivity index (χ2n) is 8.99. The molecule has 1 aliphatic heterocycles. The number of carbonyl (C=O) groups excluding carboxylic acids is 1. The second kappa shape index (κ2) is 8.42. The molecule has 2 fully saturated rings. The summed E-state index contributed by atoms with van der Waals surface area (Å²) < 4.78 is 20.7. The van der Waals surface area contributed by atoms with Crippen molar-refractivity contribution in [1.82, 2.24) is 24.6 Å². The molecule has 1 saturated heterocycles. The van der Waals surface area contributed by atoms with Crippen molar-refractivity contribution in [2.75, 3.05) is 42.3 Å². The van der Waals surface area contributed by atoms with Crippen molar-refractivity contribution in [3.63, 3.8) is 0 Å². The van der Waals surface area contributed by atoms with Crippen molar-refractivity contribution < 1.29 is 13.9 Å². The van der Waals surface area contributed by atoms with E-state index in [1.807, 2.05) is 18.3 Å². The zero-order chi connectivity index (χ0) is 24.1. The minimum absolute atomic E-state index is 0.174. The Kier molecular flexibility index (Phi) is 5.21. The van der Waals surface area contributed by atoms with Crippen molar-refractivity contribution >= 4 is 39.6 Å². The Morgan fingerprint density at radius 1 is 1.23 bits per heavy atom. The summed E-state index contributed by atoms with van der Waals surface area (Å²) in [5, 5.41) is 12.1. The number of ether oxygens (including phenoxy) is 1. The van der Waals surface area contributed by atoms with E-state index in [2.05, 4.69) is 32.4 Å². The summed E-state index contributed by atoms with van der Waals surface area (Å²) in [6.07, 6.45) is 4.68. The number of hydrogen-bond acceptors (Lipinski definition) is 8. The number of halogens is 1. The molecule has 0 spiro atoms. The molecule has 10 nitrogen and oxygen atoms in total. The Morgan fingerprint density at radius 3 is 2.86 bits per heavy atom. The smallest absolute Gasteiger partial charge is 0.231 e. The molecule has 35 heavy (non-hydrogen) atoms. The van der Waals surface area contributed by atoms with Gasteiger partial charge in [-0.3, -0.25) is 4.79 Å². The number of anilines is 3. The largest absolute Gasteiger partial charge is 0.375 e. The van der Waals surface area contributed by atoms with Crippen molar-refractivity contribution in [3.05, 3.63) is 36.8 Å². The standard InChI is InChI=1S/C24H25FN8O2/c1-13-11-32(5-6-35-13)14-3-4-21-30-23(31-33(21)12-14)18-10-28-22(26-2)17-9-27-20(8-15(17)18)29-24(34)16-7-19(16)25/h3-4,8-10,12-13,16,19H,5-7,11H2,1-2H3,(H,26,28)(H,27,29,34)/t13-,16+,19-/m1/s1. The number of amides is 1. The molecule has 5 heterocycles. The molecular weight excluding hydrogens is 451 g/mol. The first-order valence-electron chi connectivity index (χ1n) is 11.6. The van der Waals surface area contributed by atoms with Gasteiger partial charge in [-0.15, -0.1) is 5.10 Å². The molecule has 4 aromatic rings. The maximum Gasteiger partial charge on any atom is 0.231 e. The lowest BCUT2D eigenvalue weighted by atomic mass is 10.1. The lowest BCUT2D eigenvalue weighted by Crippen LogP contribution is -2.41. The first-order chi connectivity index (χ1) is 17.0. The zero-order valence-corrected chi connectivity index (χ0v) is 19.4. The van der Waals surface area contributed by atoms with Gasteiger partial charge in [0.2, 0.25) is 5.91 Å². The van der Waals surface area contributed by atoms with Crippen molar-refractivity contribution in [2.24, 2.45) is 5.92 Å². The van der Waals surface area contributed by atoms with E-state index >= 15 is 0 Å². The molecule has 11 heteroatoms. The predicted molar refractivity (Wildman–Crippen MR) is 130 cm³/mol. The number of morpholine rings is 1. The quantitative estimate of drug-likeness (QED) is 0.453. The summed E-state index contributed by atoms with van der Waals surface area (Å²) >= 11 is 0. The van der Waals surface area contributed by atoms with E-state index in [1.54, 1.807) is 30.0 Å². The Labute approximate surface area is 200 Å². The first kappa shape index (κ1) is 21.7. The minimum Gasteiger partial charge on any atom is -0.375 e. The summed E-state index contributed by atoms with van der Waals surface area (Å²) in [4.78, 5) is 28.1. The van der Waals surface area contributed by atoms with Crippen LogP contribution in [0.3, 0.4) is 0 Å². The monoisotopic (exact) mass is 476 g/mol. The molecule has 1 saturated carbocycles. The molecule has 0 unspecified atom stereocenters. The van der Waals surface area contributed by atoms with Gasteiger partial charge in [-0.1, -0.05) is 0 Å². The summed E-state index contributed by atoms with van der Waals surface area (Å²) in [6, 6.07) is 5.74. The molecule has 6 rings (SSSR count). The predicted octanol–water partition coefficient (Wildman–Crippen LogP) is 2.90. The topological polar surface area (TPSA) is 110 Å². The van der Waals surface area contributed by atoms with Crippen LogP contribution < -0.4 is 15.5 Å². The van der Waals surface area contributed by atoms with Crippen molar-refractivity contribution in [2.45, 2.75) is 25.6 Å². The number of nitrogens with one attached hydrogen (secondary N) is 2. The van der Waals surface area contributed by atoms with E-state index in [9.17, 15) is 9.18 Å². The highest BCUT2D eigenvalue weighted by atomic mass is 19.1. The molecule has 3 atom stereocenters. The number of fused-ring (bicyclic) bond motifs is 2. The van der Waals surface area contributed by atoms with Gasteiger partial charge in [-0.2, -0.15) is 0 Å². The number of pyridine rings is 3. The molecule has 180 valence electrons. The molecule has 2 aliphatic rings. The van der Waals surface area contributed by atoms with Crippen LogP contribution in [0.15, 0.2) is 36.8 Å². The summed E-state index contributed by atoms with van der Waals surface area (Å²) in [5.41, 5.74) is 2.47. The molecule has 4 aromatic heterocycles. The second-order valence-corrected chi connectivity index (χ2v) is 8.99. The van der Waals surface area contributed by atoms with Crippen LogP contribution in [0.5, 0.6) is 0 Å². The molecule has 1 amide bonds. The van der Waals surface area contributed by atoms with E-state index in [4.69, 9.17) is 14.8 Å². The third-order valence-electron chi connectivity index (χ3n) is 6.47. The number of alkyl halides is 1. The maximum atomic E-state index is 13.3. The van der Waals surface area contributed by atoms with E-state index in [-0.39, 0.29) is 18.4 Å². The summed E-state index contributed by atoms with van der Waals surface area (Å²) in [5.74, 6) is 0.550. The van der Waals surface area contributed by atoms with Crippen LogP contribution >= 0.6 is 0 Å².